The predicted molar refractivity (Wildman–Crippen MR) is 118 cm³/mol. The Kier molecular flexibility index (Phi) is 5.07. The first-order valence-corrected chi connectivity index (χ1v) is 10.9. The number of Topliss-reactive ketones (excluding diaryl/α,β-unsaturated/α-hetero) is 1. The van der Waals surface area contributed by atoms with Gasteiger partial charge >= 0.3 is 5.91 Å². The summed E-state index contributed by atoms with van der Waals surface area (Å²) in [4.78, 5) is 27.4. The monoisotopic (exact) mass is 469 g/mol. The number of anilines is 1. The molecule has 1 fully saturated rings. The summed E-state index contributed by atoms with van der Waals surface area (Å²) < 4.78 is 11.1. The maximum atomic E-state index is 13.1. The highest BCUT2D eigenvalue weighted by atomic mass is 35.5. The minimum atomic E-state index is -0.896. The van der Waals surface area contributed by atoms with Gasteiger partial charge in [0, 0.05) is 10.6 Å². The van der Waals surface area contributed by atoms with Gasteiger partial charge in [-0.05, 0) is 42.8 Å². The number of aliphatic hydroxyl groups is 1. The molecule has 1 N–H and O–H groups in total. The van der Waals surface area contributed by atoms with Crippen molar-refractivity contribution in [3.63, 3.8) is 0 Å². The third-order valence-corrected chi connectivity index (χ3v) is 6.26. The largest absolute Gasteiger partial charge is 0.507 e. The van der Waals surface area contributed by atoms with Crippen LogP contribution in [0.1, 0.15) is 22.2 Å². The molecule has 0 aliphatic carbocycles. The molecule has 0 bridgehead atoms. The van der Waals surface area contributed by atoms with Crippen molar-refractivity contribution < 1.29 is 24.2 Å². The summed E-state index contributed by atoms with van der Waals surface area (Å²) in [6, 6.07) is 10.7. The fourth-order valence-corrected chi connectivity index (χ4v) is 4.56. The van der Waals surface area contributed by atoms with Gasteiger partial charge in [-0.3, -0.25) is 14.5 Å². The Labute approximate surface area is 191 Å². The molecule has 32 heavy (non-hydrogen) atoms. The van der Waals surface area contributed by atoms with E-state index < -0.39 is 17.7 Å². The summed E-state index contributed by atoms with van der Waals surface area (Å²) >= 11 is 7.22. The minimum absolute atomic E-state index is 0.0538. The van der Waals surface area contributed by atoms with E-state index in [9.17, 15) is 14.7 Å². The molecule has 2 aliphatic heterocycles. The zero-order valence-electron chi connectivity index (χ0n) is 16.7. The number of ether oxygens (including phenoxy) is 2. The second-order valence-electron chi connectivity index (χ2n) is 7.18. The van der Waals surface area contributed by atoms with Crippen LogP contribution >= 0.6 is 22.9 Å². The summed E-state index contributed by atoms with van der Waals surface area (Å²) in [5, 5.41) is 20.6. The third kappa shape index (κ3) is 3.39. The van der Waals surface area contributed by atoms with Crippen LogP contribution < -0.4 is 14.4 Å². The Morgan fingerprint density at radius 2 is 1.81 bits per heavy atom. The van der Waals surface area contributed by atoms with E-state index in [-0.39, 0.29) is 16.5 Å². The summed E-state index contributed by atoms with van der Waals surface area (Å²) in [5.41, 5.74) is 0.877. The number of nitrogens with zero attached hydrogens (tertiary/aromatic N) is 3. The second-order valence-corrected chi connectivity index (χ2v) is 8.78. The van der Waals surface area contributed by atoms with Gasteiger partial charge in [-0.2, -0.15) is 0 Å². The molecule has 0 radical (unpaired) electrons. The van der Waals surface area contributed by atoms with Crippen molar-refractivity contribution >= 4 is 45.5 Å². The number of aliphatic hydroxyl groups excluding tert-OH is 1. The van der Waals surface area contributed by atoms with Crippen LogP contribution in [-0.4, -0.2) is 40.2 Å². The van der Waals surface area contributed by atoms with Gasteiger partial charge in [-0.25, -0.2) is 0 Å². The van der Waals surface area contributed by atoms with Crippen LogP contribution in [0.3, 0.4) is 0 Å². The minimum Gasteiger partial charge on any atom is -0.507 e. The second kappa shape index (κ2) is 7.92. The average molecular weight is 470 g/mol. The van der Waals surface area contributed by atoms with E-state index in [4.69, 9.17) is 21.1 Å². The fourth-order valence-electron chi connectivity index (χ4n) is 3.72. The Morgan fingerprint density at radius 1 is 1.09 bits per heavy atom. The van der Waals surface area contributed by atoms with Crippen LogP contribution in [0.5, 0.6) is 11.5 Å². The number of aromatic nitrogens is 2. The maximum absolute atomic E-state index is 13.1. The highest BCUT2D eigenvalue weighted by Gasteiger charge is 2.48. The first kappa shape index (κ1) is 20.5. The SMILES string of the molecule is Cc1nnc(N2C(=O)C(=O)C(=C(O)c3ccc4c(c3)OCCO4)[C@@H]2c2ccc(Cl)cc2)s1. The fraction of sp³-hybridized carbons (Fsp3) is 0.182. The lowest BCUT2D eigenvalue weighted by molar-refractivity contribution is -0.132. The van der Waals surface area contributed by atoms with Crippen LogP contribution in [0.4, 0.5) is 5.13 Å². The number of hydrogen-bond acceptors (Lipinski definition) is 8. The van der Waals surface area contributed by atoms with Crippen LogP contribution in [-0.2, 0) is 9.59 Å². The molecule has 8 nitrogen and oxygen atoms in total. The van der Waals surface area contributed by atoms with Gasteiger partial charge in [0.2, 0.25) is 5.13 Å². The molecule has 3 aromatic rings. The van der Waals surface area contributed by atoms with Crippen molar-refractivity contribution in [3.05, 3.63) is 69.2 Å². The van der Waals surface area contributed by atoms with E-state index in [1.54, 1.807) is 49.4 Å². The number of carbonyl (C=O) groups excluding carboxylic acids is 2. The van der Waals surface area contributed by atoms with Gasteiger partial charge in [-0.15, -0.1) is 10.2 Å². The zero-order valence-corrected chi connectivity index (χ0v) is 18.3. The Bertz CT molecular complexity index is 1270. The molecular formula is C22H16ClN3O5S. The molecule has 1 amide bonds. The Hall–Kier alpha value is -3.43. The van der Waals surface area contributed by atoms with Gasteiger partial charge in [0.1, 0.15) is 24.0 Å². The summed E-state index contributed by atoms with van der Waals surface area (Å²) in [6.07, 6.45) is 0. The molecule has 1 atom stereocenters. The molecule has 0 spiro atoms. The molecular weight excluding hydrogens is 454 g/mol. The number of ketones is 1. The number of carbonyl (C=O) groups is 2. The van der Waals surface area contributed by atoms with E-state index in [1.807, 2.05) is 0 Å². The molecule has 1 saturated heterocycles. The number of amides is 1. The first-order valence-electron chi connectivity index (χ1n) is 9.70. The molecule has 162 valence electrons. The lowest BCUT2D eigenvalue weighted by Gasteiger charge is -2.23. The van der Waals surface area contributed by atoms with Crippen LogP contribution in [0, 0.1) is 6.92 Å². The smallest absolute Gasteiger partial charge is 0.301 e. The van der Waals surface area contributed by atoms with Gasteiger partial charge in [0.15, 0.2) is 11.5 Å². The normalized spacial score (nSPS) is 19.4. The Morgan fingerprint density at radius 3 is 2.50 bits per heavy atom. The van der Waals surface area contributed by atoms with Gasteiger partial charge in [0.05, 0.1) is 11.6 Å². The standard InChI is InChI=1S/C22H16ClN3O5S/c1-11-24-25-22(32-11)26-18(12-2-5-14(23)6-3-12)17(20(28)21(26)29)19(27)13-4-7-15-16(10-13)31-9-8-30-15/h2-7,10,18,27H,8-9H2,1H3/t18-/m0/s1. The summed E-state index contributed by atoms with van der Waals surface area (Å²) in [6.45, 7) is 2.56. The van der Waals surface area contributed by atoms with Crippen LogP contribution in [0.25, 0.3) is 5.76 Å². The molecule has 10 heteroatoms. The van der Waals surface area contributed by atoms with Crippen molar-refractivity contribution in [1.82, 2.24) is 10.2 Å². The zero-order chi connectivity index (χ0) is 22.4. The van der Waals surface area contributed by atoms with E-state index in [0.29, 0.717) is 45.9 Å². The summed E-state index contributed by atoms with van der Waals surface area (Å²) in [7, 11) is 0. The van der Waals surface area contributed by atoms with E-state index >= 15 is 0 Å². The number of hydrogen-bond donors (Lipinski definition) is 1. The molecule has 0 saturated carbocycles. The number of aryl methyl sites for hydroxylation is 1. The van der Waals surface area contributed by atoms with Crippen molar-refractivity contribution in [2.24, 2.45) is 0 Å². The van der Waals surface area contributed by atoms with Gasteiger partial charge in [-0.1, -0.05) is 35.1 Å². The molecule has 0 unspecified atom stereocenters. The van der Waals surface area contributed by atoms with Gasteiger partial charge in [0.25, 0.3) is 5.78 Å². The first-order chi connectivity index (χ1) is 15.4. The molecule has 3 heterocycles. The Balaban J connectivity index is 1.69. The van der Waals surface area contributed by atoms with Crippen molar-refractivity contribution in [3.8, 4) is 11.5 Å². The van der Waals surface area contributed by atoms with Crippen molar-refractivity contribution in [1.29, 1.82) is 0 Å². The van der Waals surface area contributed by atoms with Crippen molar-refractivity contribution in [2.75, 3.05) is 18.1 Å². The molecule has 2 aromatic carbocycles. The van der Waals surface area contributed by atoms with Gasteiger partial charge < -0.3 is 14.6 Å². The topological polar surface area (TPSA) is 102 Å². The predicted octanol–water partition coefficient (Wildman–Crippen LogP) is 3.90. The number of benzene rings is 2. The third-order valence-electron chi connectivity index (χ3n) is 5.17. The van der Waals surface area contributed by atoms with E-state index in [0.717, 1.165) is 0 Å². The number of rotatable bonds is 3. The van der Waals surface area contributed by atoms with E-state index in [1.165, 1.54) is 16.2 Å². The van der Waals surface area contributed by atoms with Crippen molar-refractivity contribution in [2.45, 2.75) is 13.0 Å². The quantitative estimate of drug-likeness (QED) is 0.352. The molecule has 5 rings (SSSR count). The average Bonchev–Trinajstić information content (AvgIpc) is 3.34. The highest BCUT2D eigenvalue weighted by Crippen LogP contribution is 2.44. The van der Waals surface area contributed by atoms with Crippen LogP contribution in [0.15, 0.2) is 48.0 Å². The summed E-state index contributed by atoms with van der Waals surface area (Å²) in [5.74, 6) is -0.918. The lowest BCUT2D eigenvalue weighted by Crippen LogP contribution is -2.29. The number of fused-ring (bicyclic) bond motifs is 1. The molecule has 2 aliphatic rings. The van der Waals surface area contributed by atoms with Crippen LogP contribution in [0.2, 0.25) is 5.02 Å². The lowest BCUT2D eigenvalue weighted by atomic mass is 9.95. The highest BCUT2D eigenvalue weighted by molar-refractivity contribution is 7.15. The van der Waals surface area contributed by atoms with E-state index in [2.05, 4.69) is 10.2 Å². The number of halogens is 1. The maximum Gasteiger partial charge on any atom is 0.301 e. The molecule has 1 aromatic heterocycles.